The Balaban J connectivity index is 1.86. The summed E-state index contributed by atoms with van der Waals surface area (Å²) in [6, 6.07) is 16.2. The molecule has 6 heteroatoms. The topological polar surface area (TPSA) is 54.5 Å². The predicted molar refractivity (Wildman–Crippen MR) is 97.6 cm³/mol. The SMILES string of the molecule is CN1C(C(=O)c2ccc3ccccc3c2)=Cc2cc(F)ccc2S1(=O)=O. The summed E-state index contributed by atoms with van der Waals surface area (Å²) in [7, 11) is -2.58. The summed E-state index contributed by atoms with van der Waals surface area (Å²) in [5.41, 5.74) is 0.530. The van der Waals surface area contributed by atoms with Crippen LogP contribution >= 0.6 is 0 Å². The van der Waals surface area contributed by atoms with Crippen LogP contribution in [0.15, 0.2) is 71.3 Å². The van der Waals surface area contributed by atoms with E-state index in [9.17, 15) is 17.6 Å². The molecule has 0 N–H and O–H groups in total. The normalized spacial score (nSPS) is 15.5. The zero-order valence-corrected chi connectivity index (χ0v) is 14.6. The van der Waals surface area contributed by atoms with E-state index in [1.54, 1.807) is 12.1 Å². The fourth-order valence-corrected chi connectivity index (χ4v) is 4.41. The van der Waals surface area contributed by atoms with Gasteiger partial charge in [-0.2, -0.15) is 0 Å². The van der Waals surface area contributed by atoms with Crippen molar-refractivity contribution in [2.24, 2.45) is 0 Å². The van der Waals surface area contributed by atoms with Gasteiger partial charge in [0.25, 0.3) is 10.0 Å². The van der Waals surface area contributed by atoms with Gasteiger partial charge in [-0.3, -0.25) is 9.10 Å². The third kappa shape index (κ3) is 2.50. The van der Waals surface area contributed by atoms with Crippen LogP contribution in [0.3, 0.4) is 0 Å². The van der Waals surface area contributed by atoms with Gasteiger partial charge in [-0.15, -0.1) is 0 Å². The predicted octanol–water partition coefficient (Wildman–Crippen LogP) is 3.84. The van der Waals surface area contributed by atoms with E-state index in [2.05, 4.69) is 0 Å². The average Bonchev–Trinajstić information content (AvgIpc) is 2.63. The second-order valence-corrected chi connectivity index (χ2v) is 8.01. The van der Waals surface area contributed by atoms with Crippen LogP contribution in [0.1, 0.15) is 15.9 Å². The number of rotatable bonds is 2. The molecule has 26 heavy (non-hydrogen) atoms. The van der Waals surface area contributed by atoms with Crippen molar-refractivity contribution in [3.63, 3.8) is 0 Å². The van der Waals surface area contributed by atoms with E-state index < -0.39 is 21.6 Å². The van der Waals surface area contributed by atoms with Crippen LogP contribution in [0.2, 0.25) is 0 Å². The maximum atomic E-state index is 13.5. The van der Waals surface area contributed by atoms with Gasteiger partial charge in [-0.05, 0) is 41.1 Å². The van der Waals surface area contributed by atoms with E-state index >= 15 is 0 Å². The van der Waals surface area contributed by atoms with Crippen LogP contribution in [-0.4, -0.2) is 25.6 Å². The zero-order chi connectivity index (χ0) is 18.5. The van der Waals surface area contributed by atoms with Gasteiger partial charge in [0.2, 0.25) is 5.78 Å². The number of allylic oxidation sites excluding steroid dienone is 1. The first kappa shape index (κ1) is 16.5. The van der Waals surface area contributed by atoms with E-state index in [1.807, 2.05) is 30.3 Å². The lowest BCUT2D eigenvalue weighted by Gasteiger charge is -2.27. The molecular weight excluding hydrogens is 353 g/mol. The van der Waals surface area contributed by atoms with Gasteiger partial charge >= 0.3 is 0 Å². The van der Waals surface area contributed by atoms with Crippen LogP contribution in [0.25, 0.3) is 16.8 Å². The minimum absolute atomic E-state index is 0.0154. The molecule has 0 radical (unpaired) electrons. The van der Waals surface area contributed by atoms with E-state index in [0.29, 0.717) is 5.56 Å². The van der Waals surface area contributed by atoms with Gasteiger partial charge in [0.15, 0.2) is 0 Å². The van der Waals surface area contributed by atoms with Crippen molar-refractivity contribution >= 4 is 32.7 Å². The van der Waals surface area contributed by atoms with Crippen molar-refractivity contribution in [1.82, 2.24) is 4.31 Å². The number of benzene rings is 3. The van der Waals surface area contributed by atoms with Gasteiger partial charge in [0.05, 0.1) is 4.90 Å². The summed E-state index contributed by atoms with van der Waals surface area (Å²) in [6.07, 6.45) is 1.41. The number of carbonyl (C=O) groups is 1. The standard InChI is InChI=1S/C20H14FNO3S/c1-22-18(12-16-11-17(21)8-9-19(16)26(22,24)25)20(23)15-7-6-13-4-2-3-5-14(13)10-15/h2-12H,1H3. The molecule has 4 rings (SSSR count). The molecule has 0 amide bonds. The molecule has 0 fully saturated rings. The molecule has 1 heterocycles. The minimum Gasteiger partial charge on any atom is -0.287 e. The summed E-state index contributed by atoms with van der Waals surface area (Å²) in [5.74, 6) is -0.992. The van der Waals surface area contributed by atoms with Crippen LogP contribution in [0.4, 0.5) is 4.39 Å². The minimum atomic E-state index is -3.90. The number of ketones is 1. The van der Waals surface area contributed by atoms with E-state index in [4.69, 9.17) is 0 Å². The van der Waals surface area contributed by atoms with Crippen LogP contribution in [0, 0.1) is 5.82 Å². The Morgan fingerprint density at radius 2 is 1.69 bits per heavy atom. The van der Waals surface area contributed by atoms with E-state index in [-0.39, 0.29) is 16.2 Å². The Morgan fingerprint density at radius 1 is 0.962 bits per heavy atom. The lowest BCUT2D eigenvalue weighted by molar-refractivity contribution is 0.101. The molecule has 0 saturated heterocycles. The summed E-state index contributed by atoms with van der Waals surface area (Å²) in [4.78, 5) is 13.0. The van der Waals surface area contributed by atoms with Crippen LogP contribution in [0.5, 0.6) is 0 Å². The Morgan fingerprint density at radius 3 is 2.46 bits per heavy atom. The molecule has 1 aliphatic heterocycles. The van der Waals surface area contributed by atoms with Crippen molar-refractivity contribution in [2.45, 2.75) is 4.90 Å². The number of likely N-dealkylation sites (N-methyl/N-ethyl adjacent to an activating group) is 1. The third-order valence-electron chi connectivity index (χ3n) is 4.49. The molecule has 1 aliphatic rings. The number of nitrogens with zero attached hydrogens (tertiary/aromatic N) is 1. The Bertz CT molecular complexity index is 1200. The molecule has 3 aromatic rings. The second-order valence-electron chi connectivity index (χ2n) is 6.08. The summed E-state index contributed by atoms with van der Waals surface area (Å²) < 4.78 is 39.9. The molecule has 0 aliphatic carbocycles. The van der Waals surface area contributed by atoms with E-state index in [1.165, 1.54) is 19.2 Å². The zero-order valence-electron chi connectivity index (χ0n) is 13.8. The third-order valence-corrected chi connectivity index (χ3v) is 6.33. The monoisotopic (exact) mass is 367 g/mol. The number of Topliss-reactive ketones (excluding diaryl/α,β-unsaturated/α-hetero) is 1. The van der Waals surface area contributed by atoms with Gasteiger partial charge in [0, 0.05) is 18.2 Å². The largest absolute Gasteiger partial charge is 0.287 e. The van der Waals surface area contributed by atoms with Gasteiger partial charge in [0.1, 0.15) is 11.5 Å². The number of hydrogen-bond donors (Lipinski definition) is 0. The van der Waals surface area contributed by atoms with Gasteiger partial charge in [-0.25, -0.2) is 12.8 Å². The number of sulfonamides is 1. The van der Waals surface area contributed by atoms with Crippen molar-refractivity contribution in [3.8, 4) is 0 Å². The molecule has 0 aromatic heterocycles. The summed E-state index contributed by atoms with van der Waals surface area (Å²) in [6.45, 7) is 0. The number of fused-ring (bicyclic) bond motifs is 2. The van der Waals surface area contributed by atoms with Crippen LogP contribution in [-0.2, 0) is 10.0 Å². The molecule has 0 unspecified atom stereocenters. The second kappa shape index (κ2) is 5.78. The number of halogens is 1. The molecule has 0 spiro atoms. The first-order valence-corrected chi connectivity index (χ1v) is 9.35. The highest BCUT2D eigenvalue weighted by Gasteiger charge is 2.33. The van der Waals surface area contributed by atoms with Gasteiger partial charge in [-0.1, -0.05) is 36.4 Å². The quantitative estimate of drug-likeness (QED) is 0.647. The molecule has 130 valence electrons. The molecule has 4 nitrogen and oxygen atoms in total. The Hall–Kier alpha value is -2.99. The highest BCUT2D eigenvalue weighted by atomic mass is 32.2. The molecule has 3 aromatic carbocycles. The first-order valence-electron chi connectivity index (χ1n) is 7.91. The number of carbonyl (C=O) groups excluding carboxylic acids is 1. The highest BCUT2D eigenvalue weighted by Crippen LogP contribution is 2.32. The Labute approximate surface area is 150 Å². The molecule has 0 bridgehead atoms. The van der Waals surface area contributed by atoms with Crippen molar-refractivity contribution in [1.29, 1.82) is 0 Å². The van der Waals surface area contributed by atoms with E-state index in [0.717, 1.165) is 27.2 Å². The van der Waals surface area contributed by atoms with Crippen molar-refractivity contribution in [3.05, 3.63) is 83.3 Å². The lowest BCUT2D eigenvalue weighted by Crippen LogP contribution is -2.33. The summed E-state index contributed by atoms with van der Waals surface area (Å²) >= 11 is 0. The highest BCUT2D eigenvalue weighted by molar-refractivity contribution is 7.89. The maximum absolute atomic E-state index is 13.5. The fraction of sp³-hybridized carbons (Fsp3) is 0.0500. The maximum Gasteiger partial charge on any atom is 0.264 e. The number of hydrogen-bond acceptors (Lipinski definition) is 3. The smallest absolute Gasteiger partial charge is 0.264 e. The summed E-state index contributed by atoms with van der Waals surface area (Å²) in [5, 5.41) is 1.86. The lowest BCUT2D eigenvalue weighted by atomic mass is 10.0. The molecular formula is C20H14FNO3S. The van der Waals surface area contributed by atoms with Gasteiger partial charge < -0.3 is 0 Å². The first-order chi connectivity index (χ1) is 12.4. The van der Waals surface area contributed by atoms with Crippen LogP contribution < -0.4 is 0 Å². The molecule has 0 saturated carbocycles. The van der Waals surface area contributed by atoms with Crippen molar-refractivity contribution < 1.29 is 17.6 Å². The average molecular weight is 367 g/mol. The Kier molecular flexibility index (Phi) is 3.66. The molecule has 0 atom stereocenters. The fourth-order valence-electron chi connectivity index (χ4n) is 3.07. The van der Waals surface area contributed by atoms with Crippen molar-refractivity contribution in [2.75, 3.05) is 7.05 Å².